The predicted molar refractivity (Wildman–Crippen MR) is 124 cm³/mol. The zero-order valence-corrected chi connectivity index (χ0v) is 18.8. The first-order valence-electron chi connectivity index (χ1n) is 11.1. The predicted octanol–water partition coefficient (Wildman–Crippen LogP) is 2.63. The minimum Gasteiger partial charge on any atom is -0.467 e. The lowest BCUT2D eigenvalue weighted by atomic mass is 10.1. The highest BCUT2D eigenvalue weighted by Gasteiger charge is 2.37. The Labute approximate surface area is 197 Å². The summed E-state index contributed by atoms with van der Waals surface area (Å²) in [6.07, 6.45) is 2.28. The summed E-state index contributed by atoms with van der Waals surface area (Å²) in [6.45, 7) is 0.528. The second kappa shape index (κ2) is 10.7. The molecule has 3 aromatic rings. The Bertz CT molecular complexity index is 1170. The third kappa shape index (κ3) is 5.48. The Kier molecular flexibility index (Phi) is 7.31. The maximum Gasteiger partial charge on any atom is 0.410 e. The van der Waals surface area contributed by atoms with Crippen molar-refractivity contribution in [3.8, 4) is 0 Å². The van der Waals surface area contributed by atoms with Crippen molar-refractivity contribution in [2.24, 2.45) is 0 Å². The Morgan fingerprint density at radius 1 is 1.09 bits per heavy atom. The van der Waals surface area contributed by atoms with E-state index in [1.54, 1.807) is 6.20 Å². The Hall–Kier alpha value is -4.01. The number of rotatable bonds is 7. The molecule has 0 radical (unpaired) electrons. The van der Waals surface area contributed by atoms with Gasteiger partial charge in [-0.1, -0.05) is 42.5 Å². The average molecular weight is 463 g/mol. The standard InChI is InChI=1S/C25H26N4O5/c1-33-24(31)21(14-18-15-26-19-10-5-6-11-20(19)27-18)28-23(30)22-12-7-13-29(22)25(32)34-16-17-8-3-2-4-9-17/h2-6,8-11,15,21-22H,7,12-14,16H2,1H3,(H,28,30)/t21-,22+/m0/s1. The molecule has 2 aromatic carbocycles. The van der Waals surface area contributed by atoms with E-state index in [1.165, 1.54) is 12.0 Å². The van der Waals surface area contributed by atoms with Crippen LogP contribution in [0.5, 0.6) is 0 Å². The second-order valence-electron chi connectivity index (χ2n) is 8.03. The van der Waals surface area contributed by atoms with E-state index in [0.29, 0.717) is 30.6 Å². The molecular weight excluding hydrogens is 436 g/mol. The number of carbonyl (C=O) groups is 3. The molecule has 1 aromatic heterocycles. The second-order valence-corrected chi connectivity index (χ2v) is 8.03. The Morgan fingerprint density at radius 2 is 1.82 bits per heavy atom. The topological polar surface area (TPSA) is 111 Å². The highest BCUT2D eigenvalue weighted by atomic mass is 16.6. The van der Waals surface area contributed by atoms with E-state index >= 15 is 0 Å². The molecule has 0 unspecified atom stereocenters. The van der Waals surface area contributed by atoms with E-state index in [4.69, 9.17) is 9.47 Å². The minimum absolute atomic E-state index is 0.113. The summed E-state index contributed by atoms with van der Waals surface area (Å²) in [4.78, 5) is 48.4. The molecule has 4 rings (SSSR count). The molecule has 1 N–H and O–H groups in total. The van der Waals surface area contributed by atoms with Crippen LogP contribution in [0.2, 0.25) is 0 Å². The number of esters is 1. The Morgan fingerprint density at radius 3 is 2.59 bits per heavy atom. The largest absolute Gasteiger partial charge is 0.467 e. The molecule has 176 valence electrons. The van der Waals surface area contributed by atoms with Crippen molar-refractivity contribution in [3.63, 3.8) is 0 Å². The number of hydrogen-bond donors (Lipinski definition) is 1. The van der Waals surface area contributed by atoms with Gasteiger partial charge in [0.25, 0.3) is 0 Å². The third-order valence-corrected chi connectivity index (χ3v) is 5.71. The van der Waals surface area contributed by atoms with Crippen molar-refractivity contribution >= 4 is 29.0 Å². The normalized spacial score (nSPS) is 16.1. The van der Waals surface area contributed by atoms with Crippen LogP contribution in [0.3, 0.4) is 0 Å². The SMILES string of the molecule is COC(=O)[C@H](Cc1cnc2ccccc2n1)NC(=O)[C@H]1CCCN1C(=O)OCc1ccccc1. The van der Waals surface area contributed by atoms with E-state index in [0.717, 1.165) is 11.1 Å². The quantitative estimate of drug-likeness (QED) is 0.538. The van der Waals surface area contributed by atoms with Crippen molar-refractivity contribution < 1.29 is 23.9 Å². The molecule has 0 saturated carbocycles. The monoisotopic (exact) mass is 462 g/mol. The van der Waals surface area contributed by atoms with E-state index < -0.39 is 30.1 Å². The van der Waals surface area contributed by atoms with Crippen LogP contribution >= 0.6 is 0 Å². The lowest BCUT2D eigenvalue weighted by Gasteiger charge is -2.25. The van der Waals surface area contributed by atoms with Gasteiger partial charge in [0.15, 0.2) is 0 Å². The molecule has 0 spiro atoms. The third-order valence-electron chi connectivity index (χ3n) is 5.71. The van der Waals surface area contributed by atoms with Crippen molar-refractivity contribution in [1.82, 2.24) is 20.2 Å². The van der Waals surface area contributed by atoms with Gasteiger partial charge in [0.1, 0.15) is 18.7 Å². The van der Waals surface area contributed by atoms with Gasteiger partial charge in [-0.2, -0.15) is 0 Å². The average Bonchev–Trinajstić information content (AvgIpc) is 3.37. The first-order valence-corrected chi connectivity index (χ1v) is 11.1. The molecule has 1 saturated heterocycles. The zero-order chi connectivity index (χ0) is 23.9. The fourth-order valence-electron chi connectivity index (χ4n) is 3.97. The van der Waals surface area contributed by atoms with Gasteiger partial charge in [0, 0.05) is 19.2 Å². The summed E-state index contributed by atoms with van der Waals surface area (Å²) in [5, 5.41) is 2.73. The van der Waals surface area contributed by atoms with Gasteiger partial charge in [-0.05, 0) is 30.5 Å². The van der Waals surface area contributed by atoms with Crippen molar-refractivity contribution in [3.05, 3.63) is 72.1 Å². The number of nitrogens with zero attached hydrogens (tertiary/aromatic N) is 3. The van der Waals surface area contributed by atoms with E-state index in [-0.39, 0.29) is 13.0 Å². The fourth-order valence-corrected chi connectivity index (χ4v) is 3.97. The number of fused-ring (bicyclic) bond motifs is 1. The van der Waals surface area contributed by atoms with Crippen molar-refractivity contribution in [2.45, 2.75) is 38.0 Å². The Balaban J connectivity index is 1.41. The number of likely N-dealkylation sites (tertiary alicyclic amines) is 1. The summed E-state index contributed by atoms with van der Waals surface area (Å²) in [7, 11) is 1.26. The molecule has 34 heavy (non-hydrogen) atoms. The summed E-state index contributed by atoms with van der Waals surface area (Å²) < 4.78 is 10.3. The fraction of sp³-hybridized carbons (Fsp3) is 0.320. The van der Waals surface area contributed by atoms with E-state index in [1.807, 2.05) is 54.6 Å². The van der Waals surface area contributed by atoms with Crippen molar-refractivity contribution in [1.29, 1.82) is 0 Å². The summed E-state index contributed by atoms with van der Waals surface area (Å²) in [5.41, 5.74) is 2.83. The minimum atomic E-state index is -0.962. The highest BCUT2D eigenvalue weighted by Crippen LogP contribution is 2.20. The maximum absolute atomic E-state index is 13.1. The van der Waals surface area contributed by atoms with Crippen LogP contribution in [0, 0.1) is 0 Å². The molecule has 0 bridgehead atoms. The molecule has 1 fully saturated rings. The van der Waals surface area contributed by atoms with Gasteiger partial charge in [-0.3, -0.25) is 14.7 Å². The van der Waals surface area contributed by atoms with Crippen LogP contribution in [0.25, 0.3) is 11.0 Å². The molecule has 0 aliphatic carbocycles. The number of hydrogen-bond acceptors (Lipinski definition) is 7. The molecular formula is C25H26N4O5. The van der Waals surface area contributed by atoms with Gasteiger partial charge in [-0.25, -0.2) is 14.6 Å². The number of amides is 2. The zero-order valence-electron chi connectivity index (χ0n) is 18.8. The van der Waals surface area contributed by atoms with Crippen LogP contribution < -0.4 is 5.32 Å². The van der Waals surface area contributed by atoms with Gasteiger partial charge in [0.2, 0.25) is 5.91 Å². The highest BCUT2D eigenvalue weighted by molar-refractivity contribution is 5.90. The summed E-state index contributed by atoms with van der Waals surface area (Å²) in [6, 6.07) is 15.0. The van der Waals surface area contributed by atoms with E-state index in [2.05, 4.69) is 15.3 Å². The van der Waals surface area contributed by atoms with Crippen molar-refractivity contribution in [2.75, 3.05) is 13.7 Å². The summed E-state index contributed by atoms with van der Waals surface area (Å²) >= 11 is 0. The molecule has 2 atom stereocenters. The number of ether oxygens (including phenoxy) is 2. The number of methoxy groups -OCH3 is 1. The van der Waals surface area contributed by atoms with E-state index in [9.17, 15) is 14.4 Å². The number of nitrogens with one attached hydrogen (secondary N) is 1. The number of aromatic nitrogens is 2. The first kappa shape index (κ1) is 23.2. The van der Waals surface area contributed by atoms with Gasteiger partial charge < -0.3 is 14.8 Å². The first-order chi connectivity index (χ1) is 16.5. The van der Waals surface area contributed by atoms with Crippen LogP contribution in [-0.4, -0.2) is 58.6 Å². The van der Waals surface area contributed by atoms with Crippen LogP contribution in [-0.2, 0) is 32.1 Å². The molecule has 1 aliphatic rings. The van der Waals surface area contributed by atoms with Crippen LogP contribution in [0.15, 0.2) is 60.8 Å². The number of benzene rings is 2. The molecule has 9 heteroatoms. The lowest BCUT2D eigenvalue weighted by molar-refractivity contribution is -0.145. The van der Waals surface area contributed by atoms with Crippen LogP contribution in [0.4, 0.5) is 4.79 Å². The van der Waals surface area contributed by atoms with Crippen LogP contribution in [0.1, 0.15) is 24.1 Å². The molecule has 9 nitrogen and oxygen atoms in total. The molecule has 2 amide bonds. The smallest absolute Gasteiger partial charge is 0.410 e. The maximum atomic E-state index is 13.1. The van der Waals surface area contributed by atoms with Gasteiger partial charge in [-0.15, -0.1) is 0 Å². The number of para-hydroxylation sites is 2. The summed E-state index contributed by atoms with van der Waals surface area (Å²) in [5.74, 6) is -1.03. The lowest BCUT2D eigenvalue weighted by Crippen LogP contribution is -2.51. The number of carbonyl (C=O) groups excluding carboxylic acids is 3. The van der Waals surface area contributed by atoms with Gasteiger partial charge >= 0.3 is 12.1 Å². The van der Waals surface area contributed by atoms with Gasteiger partial charge in [0.05, 0.1) is 23.8 Å². The molecule has 1 aliphatic heterocycles. The molecule has 2 heterocycles.